The highest BCUT2D eigenvalue weighted by Gasteiger charge is 2.16. The van der Waals surface area contributed by atoms with Crippen LogP contribution in [-0.2, 0) is 0 Å². The zero-order chi connectivity index (χ0) is 19.1. The van der Waals surface area contributed by atoms with Gasteiger partial charge in [-0.25, -0.2) is 9.37 Å². The first-order valence-corrected chi connectivity index (χ1v) is 8.52. The predicted octanol–water partition coefficient (Wildman–Crippen LogP) is 5.63. The second kappa shape index (κ2) is 6.43. The van der Waals surface area contributed by atoms with E-state index in [-0.39, 0.29) is 11.5 Å². The van der Waals surface area contributed by atoms with E-state index >= 15 is 0 Å². The summed E-state index contributed by atoms with van der Waals surface area (Å²) in [5.74, 6) is -0.116. The van der Waals surface area contributed by atoms with Crippen LogP contribution in [0.3, 0.4) is 0 Å². The summed E-state index contributed by atoms with van der Waals surface area (Å²) in [5.41, 5.74) is 5.55. The number of aromatic hydroxyl groups is 1. The molecule has 0 saturated heterocycles. The van der Waals surface area contributed by atoms with Gasteiger partial charge in [0.05, 0.1) is 12.7 Å². The van der Waals surface area contributed by atoms with Crippen molar-refractivity contribution in [1.82, 2.24) is 4.98 Å². The summed E-state index contributed by atoms with van der Waals surface area (Å²) in [6.07, 6.45) is 0. The first-order chi connectivity index (χ1) is 13.0. The van der Waals surface area contributed by atoms with Crippen LogP contribution in [-0.4, -0.2) is 17.2 Å². The summed E-state index contributed by atoms with van der Waals surface area (Å²) in [6.45, 7) is 4.01. The van der Waals surface area contributed by atoms with Crippen molar-refractivity contribution in [3.8, 4) is 34.1 Å². The van der Waals surface area contributed by atoms with Crippen LogP contribution in [0.5, 0.6) is 11.5 Å². The number of benzene rings is 3. The lowest BCUT2D eigenvalue weighted by molar-refractivity contribution is 0.408. The number of phenols is 1. The van der Waals surface area contributed by atoms with Gasteiger partial charge >= 0.3 is 0 Å². The number of rotatable bonds is 3. The molecule has 0 aliphatic rings. The van der Waals surface area contributed by atoms with Gasteiger partial charge in [-0.1, -0.05) is 12.1 Å². The molecule has 0 fully saturated rings. The lowest BCUT2D eigenvalue weighted by Gasteiger charge is -2.11. The second-order valence-corrected chi connectivity index (χ2v) is 6.48. The normalized spacial score (nSPS) is 11.1. The number of fused-ring (bicyclic) bond motifs is 1. The minimum atomic E-state index is -0.709. The number of halogens is 1. The monoisotopic (exact) mass is 363 g/mol. The van der Waals surface area contributed by atoms with Crippen molar-refractivity contribution in [1.29, 1.82) is 0 Å². The molecule has 0 aliphatic carbocycles. The minimum absolute atomic E-state index is 0.182. The summed E-state index contributed by atoms with van der Waals surface area (Å²) >= 11 is 0. The zero-order valence-electron chi connectivity index (χ0n) is 15.2. The van der Waals surface area contributed by atoms with E-state index in [0.717, 1.165) is 28.0 Å². The van der Waals surface area contributed by atoms with Crippen LogP contribution in [0.15, 0.2) is 52.9 Å². The molecule has 1 N–H and O–H groups in total. The first kappa shape index (κ1) is 17.1. The molecule has 5 heteroatoms. The fourth-order valence-corrected chi connectivity index (χ4v) is 3.35. The van der Waals surface area contributed by atoms with E-state index in [1.165, 1.54) is 12.1 Å². The Morgan fingerprint density at radius 2 is 1.74 bits per heavy atom. The molecule has 0 aliphatic heterocycles. The van der Waals surface area contributed by atoms with Gasteiger partial charge in [-0.05, 0) is 72.5 Å². The predicted molar refractivity (Wildman–Crippen MR) is 103 cm³/mol. The molecule has 1 aromatic heterocycles. The summed E-state index contributed by atoms with van der Waals surface area (Å²) in [5, 5.41) is 9.93. The van der Waals surface area contributed by atoms with Crippen LogP contribution in [0, 0.1) is 19.7 Å². The third-order valence-electron chi connectivity index (χ3n) is 4.60. The highest BCUT2D eigenvalue weighted by molar-refractivity contribution is 5.83. The summed E-state index contributed by atoms with van der Waals surface area (Å²) < 4.78 is 24.8. The van der Waals surface area contributed by atoms with Gasteiger partial charge in [-0.3, -0.25) is 0 Å². The Labute approximate surface area is 155 Å². The molecule has 4 rings (SSSR count). The van der Waals surface area contributed by atoms with E-state index in [0.29, 0.717) is 11.1 Å². The van der Waals surface area contributed by atoms with Gasteiger partial charge in [-0.2, -0.15) is 0 Å². The number of ether oxygens (including phenoxy) is 1. The van der Waals surface area contributed by atoms with E-state index in [2.05, 4.69) is 17.1 Å². The molecular formula is C22H18FNO3. The number of phenolic OH excluding ortho intramolecular Hbond substituents is 1. The Morgan fingerprint density at radius 3 is 2.44 bits per heavy atom. The maximum Gasteiger partial charge on any atom is 0.231 e. The van der Waals surface area contributed by atoms with Gasteiger partial charge in [0.1, 0.15) is 11.3 Å². The van der Waals surface area contributed by atoms with Crippen molar-refractivity contribution in [2.24, 2.45) is 0 Å². The number of aromatic nitrogens is 1. The van der Waals surface area contributed by atoms with E-state index < -0.39 is 11.6 Å². The van der Waals surface area contributed by atoms with Crippen molar-refractivity contribution >= 4 is 11.1 Å². The van der Waals surface area contributed by atoms with Gasteiger partial charge in [0.15, 0.2) is 17.1 Å². The van der Waals surface area contributed by atoms with Gasteiger partial charge in [0, 0.05) is 0 Å². The van der Waals surface area contributed by atoms with Crippen molar-refractivity contribution in [2.75, 3.05) is 7.11 Å². The lowest BCUT2D eigenvalue weighted by atomic mass is 9.99. The van der Waals surface area contributed by atoms with Crippen LogP contribution in [0.25, 0.3) is 33.7 Å². The van der Waals surface area contributed by atoms with Crippen LogP contribution in [0.1, 0.15) is 11.1 Å². The topological polar surface area (TPSA) is 55.5 Å². The molecule has 0 atom stereocenters. The van der Waals surface area contributed by atoms with Crippen molar-refractivity contribution in [2.45, 2.75) is 13.8 Å². The molecule has 4 nitrogen and oxygen atoms in total. The van der Waals surface area contributed by atoms with Crippen molar-refractivity contribution < 1.29 is 18.7 Å². The highest BCUT2D eigenvalue weighted by atomic mass is 19.1. The average Bonchev–Trinajstić information content (AvgIpc) is 3.06. The maximum atomic E-state index is 13.6. The standard InChI is InChI=1S/C22H18FNO3/c1-12-9-15(10-13(2)21(12)26-3)14-7-8-18-19(11-14)27-22(24-18)16-5-4-6-17(23)20(16)25/h4-11,25H,1-3H3. The Balaban J connectivity index is 1.81. The number of para-hydroxylation sites is 1. The van der Waals surface area contributed by atoms with Crippen LogP contribution < -0.4 is 4.74 Å². The quantitative estimate of drug-likeness (QED) is 0.512. The lowest BCUT2D eigenvalue weighted by Crippen LogP contribution is -1.92. The molecule has 0 radical (unpaired) electrons. The number of hydrogen-bond donors (Lipinski definition) is 1. The molecule has 0 bridgehead atoms. The number of aryl methyl sites for hydroxylation is 2. The fourth-order valence-electron chi connectivity index (χ4n) is 3.35. The fraction of sp³-hybridized carbons (Fsp3) is 0.136. The van der Waals surface area contributed by atoms with E-state index in [1.807, 2.05) is 32.0 Å². The molecule has 4 aromatic rings. The molecule has 3 aromatic carbocycles. The van der Waals surface area contributed by atoms with Crippen LogP contribution in [0.4, 0.5) is 4.39 Å². The summed E-state index contributed by atoms with van der Waals surface area (Å²) in [7, 11) is 1.67. The van der Waals surface area contributed by atoms with Crippen LogP contribution in [0.2, 0.25) is 0 Å². The minimum Gasteiger partial charge on any atom is -0.504 e. The third-order valence-corrected chi connectivity index (χ3v) is 4.60. The van der Waals surface area contributed by atoms with Crippen LogP contribution >= 0.6 is 0 Å². The number of oxazole rings is 1. The Bertz CT molecular complexity index is 1140. The van der Waals surface area contributed by atoms with Gasteiger partial charge < -0.3 is 14.3 Å². The molecule has 0 amide bonds. The Kier molecular flexibility index (Phi) is 4.07. The maximum absolute atomic E-state index is 13.6. The largest absolute Gasteiger partial charge is 0.504 e. The molecule has 0 spiro atoms. The molecule has 0 unspecified atom stereocenters. The van der Waals surface area contributed by atoms with Crippen molar-refractivity contribution in [3.05, 3.63) is 65.5 Å². The third kappa shape index (κ3) is 2.91. The molecule has 0 saturated carbocycles. The van der Waals surface area contributed by atoms with Crippen molar-refractivity contribution in [3.63, 3.8) is 0 Å². The Hall–Kier alpha value is -3.34. The smallest absolute Gasteiger partial charge is 0.231 e. The average molecular weight is 363 g/mol. The first-order valence-electron chi connectivity index (χ1n) is 8.52. The zero-order valence-corrected chi connectivity index (χ0v) is 15.2. The molecule has 1 heterocycles. The van der Waals surface area contributed by atoms with Gasteiger partial charge in [-0.15, -0.1) is 0 Å². The SMILES string of the molecule is COc1c(C)cc(-c2ccc3nc(-c4cccc(F)c4O)oc3c2)cc1C. The molecule has 27 heavy (non-hydrogen) atoms. The molecule has 136 valence electrons. The van der Waals surface area contributed by atoms with Gasteiger partial charge in [0.2, 0.25) is 5.89 Å². The highest BCUT2D eigenvalue weighted by Crippen LogP contribution is 2.35. The second-order valence-electron chi connectivity index (χ2n) is 6.48. The van der Waals surface area contributed by atoms with E-state index in [9.17, 15) is 9.50 Å². The number of nitrogens with zero attached hydrogens (tertiary/aromatic N) is 1. The Morgan fingerprint density at radius 1 is 1.00 bits per heavy atom. The van der Waals surface area contributed by atoms with E-state index in [1.54, 1.807) is 13.2 Å². The number of methoxy groups -OCH3 is 1. The summed E-state index contributed by atoms with van der Waals surface area (Å²) in [4.78, 5) is 4.37. The molecular weight excluding hydrogens is 345 g/mol. The van der Waals surface area contributed by atoms with E-state index in [4.69, 9.17) is 9.15 Å². The summed E-state index contributed by atoms with van der Waals surface area (Å²) in [6, 6.07) is 14.1. The van der Waals surface area contributed by atoms with Gasteiger partial charge in [0.25, 0.3) is 0 Å². The number of hydrogen-bond acceptors (Lipinski definition) is 4.